The maximum absolute atomic E-state index is 4.39. The Labute approximate surface area is 92.6 Å². The van der Waals surface area contributed by atoms with E-state index >= 15 is 0 Å². The summed E-state index contributed by atoms with van der Waals surface area (Å²) in [6.45, 7) is 2.02. The van der Waals surface area contributed by atoms with Gasteiger partial charge >= 0.3 is 0 Å². The lowest BCUT2D eigenvalue weighted by Crippen LogP contribution is -1.94. The van der Waals surface area contributed by atoms with Gasteiger partial charge in [0.15, 0.2) is 5.65 Å². The van der Waals surface area contributed by atoms with E-state index in [1.807, 2.05) is 31.5 Å². The summed E-state index contributed by atoms with van der Waals surface area (Å²) < 4.78 is 1.80. The SMILES string of the molecule is Cc1cnc2nn(-c3cccnc3)cc2c1. The molecule has 16 heavy (non-hydrogen) atoms. The molecule has 4 heteroatoms. The Morgan fingerprint density at radius 3 is 3.00 bits per heavy atom. The first-order chi connectivity index (χ1) is 7.83. The third-order valence-electron chi connectivity index (χ3n) is 2.41. The molecule has 0 amide bonds. The van der Waals surface area contributed by atoms with Crippen molar-refractivity contribution in [1.29, 1.82) is 0 Å². The molecule has 0 aliphatic heterocycles. The molecule has 0 fully saturated rings. The Bertz CT molecular complexity index is 628. The molecule has 0 saturated carbocycles. The van der Waals surface area contributed by atoms with Crippen molar-refractivity contribution in [3.63, 3.8) is 0 Å². The molecule has 78 valence electrons. The summed E-state index contributed by atoms with van der Waals surface area (Å²) in [5, 5.41) is 5.43. The molecule has 0 aliphatic rings. The number of hydrogen-bond donors (Lipinski definition) is 0. The second-order valence-corrected chi connectivity index (χ2v) is 3.71. The lowest BCUT2D eigenvalue weighted by molar-refractivity contribution is 0.883. The van der Waals surface area contributed by atoms with Crippen LogP contribution in [0.15, 0.2) is 43.0 Å². The normalized spacial score (nSPS) is 10.8. The first kappa shape index (κ1) is 9.03. The molecule has 0 aliphatic carbocycles. The van der Waals surface area contributed by atoms with Crippen LogP contribution in [0.5, 0.6) is 0 Å². The van der Waals surface area contributed by atoms with E-state index in [2.05, 4.69) is 21.1 Å². The van der Waals surface area contributed by atoms with Crippen LogP contribution in [-0.4, -0.2) is 19.7 Å². The van der Waals surface area contributed by atoms with Crippen molar-refractivity contribution in [2.75, 3.05) is 0 Å². The lowest BCUT2D eigenvalue weighted by atomic mass is 10.3. The highest BCUT2D eigenvalue weighted by molar-refractivity contribution is 5.74. The van der Waals surface area contributed by atoms with Gasteiger partial charge in [0.25, 0.3) is 0 Å². The number of aryl methyl sites for hydroxylation is 1. The predicted molar refractivity (Wildman–Crippen MR) is 61.4 cm³/mol. The molecule has 0 N–H and O–H groups in total. The topological polar surface area (TPSA) is 43.6 Å². The first-order valence-corrected chi connectivity index (χ1v) is 5.05. The molecule has 0 radical (unpaired) electrons. The maximum Gasteiger partial charge on any atom is 0.181 e. The third-order valence-corrected chi connectivity index (χ3v) is 2.41. The molecule has 0 atom stereocenters. The fourth-order valence-electron chi connectivity index (χ4n) is 1.65. The van der Waals surface area contributed by atoms with E-state index < -0.39 is 0 Å². The van der Waals surface area contributed by atoms with E-state index in [1.165, 1.54) is 0 Å². The molecular formula is C12H10N4. The summed E-state index contributed by atoms with van der Waals surface area (Å²) in [6, 6.07) is 5.92. The van der Waals surface area contributed by atoms with E-state index in [9.17, 15) is 0 Å². The van der Waals surface area contributed by atoms with Crippen molar-refractivity contribution < 1.29 is 0 Å². The molecule has 3 aromatic heterocycles. The molecule has 0 spiro atoms. The van der Waals surface area contributed by atoms with Crippen LogP contribution < -0.4 is 0 Å². The van der Waals surface area contributed by atoms with Crippen molar-refractivity contribution in [1.82, 2.24) is 19.7 Å². The fraction of sp³-hybridized carbons (Fsp3) is 0.0833. The summed E-state index contributed by atoms with van der Waals surface area (Å²) in [6.07, 6.45) is 7.31. The Balaban J connectivity index is 2.19. The van der Waals surface area contributed by atoms with Crippen LogP contribution in [0.4, 0.5) is 0 Å². The Morgan fingerprint density at radius 2 is 2.19 bits per heavy atom. The van der Waals surface area contributed by atoms with E-state index in [-0.39, 0.29) is 0 Å². The highest BCUT2D eigenvalue weighted by Crippen LogP contribution is 2.14. The Kier molecular flexibility index (Phi) is 1.93. The van der Waals surface area contributed by atoms with E-state index in [4.69, 9.17) is 0 Å². The molecule has 0 unspecified atom stereocenters. The second kappa shape index (κ2) is 3.41. The minimum atomic E-state index is 0.759. The van der Waals surface area contributed by atoms with Gasteiger partial charge in [-0.15, -0.1) is 5.10 Å². The Morgan fingerprint density at radius 1 is 1.25 bits per heavy atom. The second-order valence-electron chi connectivity index (χ2n) is 3.71. The highest BCUT2D eigenvalue weighted by atomic mass is 15.3. The maximum atomic E-state index is 4.39. The summed E-state index contributed by atoms with van der Waals surface area (Å²) in [5.74, 6) is 0. The number of rotatable bonds is 1. The van der Waals surface area contributed by atoms with Gasteiger partial charge in [-0.05, 0) is 30.7 Å². The van der Waals surface area contributed by atoms with Gasteiger partial charge in [-0.25, -0.2) is 9.67 Å². The van der Waals surface area contributed by atoms with Crippen LogP contribution in [0.2, 0.25) is 0 Å². The monoisotopic (exact) mass is 210 g/mol. The minimum Gasteiger partial charge on any atom is -0.262 e. The summed E-state index contributed by atoms with van der Waals surface area (Å²) in [4.78, 5) is 8.34. The Hall–Kier alpha value is -2.23. The molecule has 3 aromatic rings. The van der Waals surface area contributed by atoms with E-state index in [1.54, 1.807) is 17.1 Å². The average Bonchev–Trinajstić information content (AvgIpc) is 2.73. The van der Waals surface area contributed by atoms with Crippen LogP contribution in [0.1, 0.15) is 5.56 Å². The van der Waals surface area contributed by atoms with Crippen molar-refractivity contribution in [3.8, 4) is 5.69 Å². The zero-order valence-electron chi connectivity index (χ0n) is 8.83. The minimum absolute atomic E-state index is 0.759. The zero-order chi connectivity index (χ0) is 11.0. The number of aromatic nitrogens is 4. The van der Waals surface area contributed by atoms with Gasteiger partial charge in [0.1, 0.15) is 0 Å². The zero-order valence-corrected chi connectivity index (χ0v) is 8.83. The summed E-state index contributed by atoms with van der Waals surface area (Å²) in [5.41, 5.74) is 2.84. The smallest absolute Gasteiger partial charge is 0.181 e. The number of hydrogen-bond acceptors (Lipinski definition) is 3. The average molecular weight is 210 g/mol. The van der Waals surface area contributed by atoms with E-state index in [0.717, 1.165) is 22.3 Å². The van der Waals surface area contributed by atoms with Gasteiger partial charge in [-0.3, -0.25) is 4.98 Å². The van der Waals surface area contributed by atoms with Crippen LogP contribution in [0, 0.1) is 6.92 Å². The summed E-state index contributed by atoms with van der Waals surface area (Å²) in [7, 11) is 0. The summed E-state index contributed by atoms with van der Waals surface area (Å²) >= 11 is 0. The fourth-order valence-corrected chi connectivity index (χ4v) is 1.65. The van der Waals surface area contributed by atoms with Crippen molar-refractivity contribution in [2.45, 2.75) is 6.92 Å². The largest absolute Gasteiger partial charge is 0.262 e. The van der Waals surface area contributed by atoms with Crippen LogP contribution in [0.25, 0.3) is 16.7 Å². The van der Waals surface area contributed by atoms with Gasteiger partial charge in [0.2, 0.25) is 0 Å². The van der Waals surface area contributed by atoms with Gasteiger partial charge < -0.3 is 0 Å². The lowest BCUT2D eigenvalue weighted by Gasteiger charge is -1.97. The number of nitrogens with zero attached hydrogens (tertiary/aromatic N) is 4. The third kappa shape index (κ3) is 1.44. The van der Waals surface area contributed by atoms with Crippen LogP contribution in [-0.2, 0) is 0 Å². The number of fused-ring (bicyclic) bond motifs is 1. The molecule has 0 bridgehead atoms. The van der Waals surface area contributed by atoms with Gasteiger partial charge in [-0.1, -0.05) is 0 Å². The van der Waals surface area contributed by atoms with Gasteiger partial charge in [0.05, 0.1) is 11.9 Å². The van der Waals surface area contributed by atoms with Crippen molar-refractivity contribution >= 4 is 11.0 Å². The van der Waals surface area contributed by atoms with Gasteiger partial charge in [0, 0.05) is 24.0 Å². The standard InChI is InChI=1S/C12H10N4/c1-9-5-10-8-16(15-12(10)14-6-9)11-3-2-4-13-7-11/h2-8H,1H3. The van der Waals surface area contributed by atoms with Crippen LogP contribution >= 0.6 is 0 Å². The van der Waals surface area contributed by atoms with Gasteiger partial charge in [-0.2, -0.15) is 0 Å². The molecule has 4 nitrogen and oxygen atoms in total. The number of pyridine rings is 2. The molecule has 3 heterocycles. The highest BCUT2D eigenvalue weighted by Gasteiger charge is 2.03. The van der Waals surface area contributed by atoms with Crippen molar-refractivity contribution in [3.05, 3.63) is 48.5 Å². The molecule has 3 rings (SSSR count). The first-order valence-electron chi connectivity index (χ1n) is 5.05. The molecule has 0 aromatic carbocycles. The van der Waals surface area contributed by atoms with Crippen molar-refractivity contribution in [2.24, 2.45) is 0 Å². The van der Waals surface area contributed by atoms with E-state index in [0.29, 0.717) is 0 Å². The quantitative estimate of drug-likeness (QED) is 0.618. The predicted octanol–water partition coefficient (Wildman–Crippen LogP) is 2.12. The molecule has 0 saturated heterocycles. The molecular weight excluding hydrogens is 200 g/mol. The van der Waals surface area contributed by atoms with Crippen LogP contribution in [0.3, 0.4) is 0 Å².